The lowest BCUT2D eigenvalue weighted by Gasteiger charge is -2.23. The summed E-state index contributed by atoms with van der Waals surface area (Å²) >= 11 is 0.769. The van der Waals surface area contributed by atoms with Crippen molar-refractivity contribution < 1.29 is 18.3 Å². The highest BCUT2D eigenvalue weighted by Crippen LogP contribution is 2.40. The predicted octanol–water partition coefficient (Wildman–Crippen LogP) is 2.13. The third-order valence-electron chi connectivity index (χ3n) is 1.50. The van der Waals surface area contributed by atoms with Gasteiger partial charge in [-0.1, -0.05) is 12.0 Å². The molecule has 0 aliphatic heterocycles. The fraction of sp³-hybridized carbons (Fsp3) is 0.250. The summed E-state index contributed by atoms with van der Waals surface area (Å²) < 4.78 is 36.8. The first-order chi connectivity index (χ1) is 5.92. The maximum atomic E-state index is 12.3. The van der Waals surface area contributed by atoms with Gasteiger partial charge in [-0.15, -0.1) is 17.8 Å². The summed E-state index contributed by atoms with van der Waals surface area (Å²) in [6.45, 7) is 0. The van der Waals surface area contributed by atoms with E-state index in [0.717, 1.165) is 17.4 Å². The van der Waals surface area contributed by atoms with Crippen LogP contribution in [-0.4, -0.2) is 11.3 Å². The van der Waals surface area contributed by atoms with Crippen molar-refractivity contribution in [2.45, 2.75) is 11.8 Å². The van der Waals surface area contributed by atoms with Crippen molar-refractivity contribution in [2.24, 2.45) is 0 Å². The van der Waals surface area contributed by atoms with E-state index in [4.69, 9.17) is 5.11 Å². The maximum absolute atomic E-state index is 12.3. The molecule has 0 unspecified atom stereocenters. The highest BCUT2D eigenvalue weighted by Gasteiger charge is 2.54. The zero-order valence-corrected chi connectivity index (χ0v) is 7.12. The largest absolute Gasteiger partial charge is 0.434 e. The number of hydrogen-bond donors (Lipinski definition) is 1. The second kappa shape index (κ2) is 3.05. The normalized spacial score (nSPS) is 16.2. The summed E-state index contributed by atoms with van der Waals surface area (Å²) in [6.07, 6.45) is -0.170. The van der Waals surface area contributed by atoms with Crippen molar-refractivity contribution in [2.75, 3.05) is 0 Å². The van der Waals surface area contributed by atoms with Gasteiger partial charge in [0.2, 0.25) is 0 Å². The van der Waals surface area contributed by atoms with E-state index >= 15 is 0 Å². The Labute approximate surface area is 76.8 Å². The Morgan fingerprint density at radius 1 is 1.46 bits per heavy atom. The van der Waals surface area contributed by atoms with Gasteiger partial charge in [-0.2, -0.15) is 13.2 Å². The molecule has 0 bridgehead atoms. The van der Waals surface area contributed by atoms with Crippen LogP contribution in [0.4, 0.5) is 13.2 Å². The second-order valence-electron chi connectivity index (χ2n) is 2.33. The van der Waals surface area contributed by atoms with Gasteiger partial charge in [-0.3, -0.25) is 0 Å². The molecule has 13 heavy (non-hydrogen) atoms. The first kappa shape index (κ1) is 10.1. The van der Waals surface area contributed by atoms with Gasteiger partial charge >= 0.3 is 6.18 Å². The number of thiophene rings is 1. The smallest absolute Gasteiger partial charge is 0.366 e. The van der Waals surface area contributed by atoms with Crippen molar-refractivity contribution in [3.63, 3.8) is 0 Å². The zero-order valence-electron chi connectivity index (χ0n) is 6.30. The minimum Gasteiger partial charge on any atom is -0.366 e. The van der Waals surface area contributed by atoms with Crippen LogP contribution in [0.1, 0.15) is 4.88 Å². The van der Waals surface area contributed by atoms with Crippen LogP contribution in [0.3, 0.4) is 0 Å². The van der Waals surface area contributed by atoms with E-state index in [1.165, 1.54) is 17.4 Å². The number of aliphatic hydroxyl groups is 1. The van der Waals surface area contributed by atoms with Crippen LogP contribution < -0.4 is 0 Å². The quantitative estimate of drug-likeness (QED) is 0.698. The van der Waals surface area contributed by atoms with Gasteiger partial charge in [0.15, 0.2) is 0 Å². The number of hydrogen-bond acceptors (Lipinski definition) is 2. The molecule has 1 atom stereocenters. The summed E-state index contributed by atoms with van der Waals surface area (Å²) in [7, 11) is 0. The van der Waals surface area contributed by atoms with Crippen LogP contribution in [0.2, 0.25) is 0 Å². The molecule has 1 aromatic rings. The Hall–Kier alpha value is -0.990. The van der Waals surface area contributed by atoms with Gasteiger partial charge in [0.1, 0.15) is 0 Å². The molecule has 70 valence electrons. The van der Waals surface area contributed by atoms with E-state index in [1.807, 2.05) is 0 Å². The van der Waals surface area contributed by atoms with Gasteiger partial charge in [-0.05, 0) is 11.4 Å². The van der Waals surface area contributed by atoms with Crippen molar-refractivity contribution >= 4 is 11.3 Å². The predicted molar refractivity (Wildman–Crippen MR) is 43.1 cm³/mol. The van der Waals surface area contributed by atoms with Gasteiger partial charge in [0, 0.05) is 0 Å². The summed E-state index contributed by atoms with van der Waals surface area (Å²) in [4.78, 5) is -0.289. The van der Waals surface area contributed by atoms with E-state index in [1.54, 1.807) is 0 Å². The molecule has 0 spiro atoms. The van der Waals surface area contributed by atoms with Crippen molar-refractivity contribution in [3.05, 3.63) is 22.4 Å². The van der Waals surface area contributed by atoms with E-state index in [0.29, 0.717) is 0 Å². The molecule has 1 rings (SSSR count). The summed E-state index contributed by atoms with van der Waals surface area (Å²) in [5.74, 6) is 1.36. The summed E-state index contributed by atoms with van der Waals surface area (Å²) in [5.41, 5.74) is -3.15. The Kier molecular flexibility index (Phi) is 2.37. The monoisotopic (exact) mass is 206 g/mol. The molecular weight excluding hydrogens is 201 g/mol. The van der Waals surface area contributed by atoms with E-state index in [9.17, 15) is 13.2 Å². The van der Waals surface area contributed by atoms with E-state index in [2.05, 4.69) is 6.42 Å². The van der Waals surface area contributed by atoms with Crippen LogP contribution in [0.25, 0.3) is 0 Å². The fourth-order valence-electron chi connectivity index (χ4n) is 0.777. The summed E-state index contributed by atoms with van der Waals surface area (Å²) in [5, 5.41) is 10.6. The van der Waals surface area contributed by atoms with Gasteiger partial charge in [0.25, 0.3) is 5.60 Å². The molecule has 1 N–H and O–H groups in total. The van der Waals surface area contributed by atoms with Crippen molar-refractivity contribution in [1.29, 1.82) is 0 Å². The molecule has 1 heterocycles. The number of terminal acetylenes is 1. The minimum atomic E-state index is -4.84. The average Bonchev–Trinajstić information content (AvgIpc) is 2.52. The molecule has 1 nitrogen and oxygen atoms in total. The Bertz CT molecular complexity index is 322. The van der Waals surface area contributed by atoms with Crippen LogP contribution >= 0.6 is 11.3 Å². The van der Waals surface area contributed by atoms with Gasteiger partial charge < -0.3 is 5.11 Å². The highest BCUT2D eigenvalue weighted by molar-refractivity contribution is 7.10. The van der Waals surface area contributed by atoms with Crippen LogP contribution in [0.5, 0.6) is 0 Å². The molecule has 0 aromatic carbocycles. The van der Waals surface area contributed by atoms with Crippen LogP contribution in [0.15, 0.2) is 17.5 Å². The zero-order chi connectivity index (χ0) is 10.1. The lowest BCUT2D eigenvalue weighted by Crippen LogP contribution is -2.40. The molecule has 0 fully saturated rings. The van der Waals surface area contributed by atoms with Crippen molar-refractivity contribution in [3.8, 4) is 12.3 Å². The van der Waals surface area contributed by atoms with Crippen LogP contribution in [-0.2, 0) is 5.60 Å². The summed E-state index contributed by atoms with van der Waals surface area (Å²) in [6, 6.07) is 2.55. The van der Waals surface area contributed by atoms with Crippen LogP contribution in [0, 0.1) is 12.3 Å². The molecule has 0 aliphatic rings. The van der Waals surface area contributed by atoms with E-state index < -0.39 is 11.8 Å². The standard InChI is InChI=1S/C8H5F3OS/c1-2-7(12,8(9,10)11)6-4-3-5-13-6/h1,3-5,12H/t7-/m0/s1. The number of halogens is 3. The third kappa shape index (κ3) is 1.55. The van der Waals surface area contributed by atoms with E-state index in [-0.39, 0.29) is 4.88 Å². The molecule has 0 saturated heterocycles. The molecule has 0 aliphatic carbocycles. The lowest BCUT2D eigenvalue weighted by molar-refractivity contribution is -0.239. The third-order valence-corrected chi connectivity index (χ3v) is 2.48. The van der Waals surface area contributed by atoms with Gasteiger partial charge in [-0.25, -0.2) is 0 Å². The molecule has 0 radical (unpaired) electrons. The molecule has 5 heteroatoms. The average molecular weight is 206 g/mol. The first-order valence-electron chi connectivity index (χ1n) is 3.22. The van der Waals surface area contributed by atoms with Gasteiger partial charge in [0.05, 0.1) is 4.88 Å². The highest BCUT2D eigenvalue weighted by atomic mass is 32.1. The lowest BCUT2D eigenvalue weighted by atomic mass is 10.0. The Morgan fingerprint density at radius 3 is 2.38 bits per heavy atom. The molecule has 0 saturated carbocycles. The Balaban J connectivity index is 3.19. The SMILES string of the molecule is C#C[C@](O)(c1cccs1)C(F)(F)F. The number of alkyl halides is 3. The molecule has 1 aromatic heterocycles. The number of rotatable bonds is 1. The first-order valence-corrected chi connectivity index (χ1v) is 4.10. The second-order valence-corrected chi connectivity index (χ2v) is 3.28. The van der Waals surface area contributed by atoms with Crippen molar-refractivity contribution in [1.82, 2.24) is 0 Å². The Morgan fingerprint density at radius 2 is 2.08 bits per heavy atom. The maximum Gasteiger partial charge on any atom is 0.434 e. The molecular formula is C8H5F3OS. The topological polar surface area (TPSA) is 20.2 Å². The minimum absolute atomic E-state index is 0.289. The molecule has 0 amide bonds. The fourth-order valence-corrected chi connectivity index (χ4v) is 1.58.